The van der Waals surface area contributed by atoms with Gasteiger partial charge in [-0.25, -0.2) is 0 Å². The number of fused-ring (bicyclic) bond motifs is 3. The molecule has 0 aliphatic rings. The van der Waals surface area contributed by atoms with Crippen molar-refractivity contribution in [3.05, 3.63) is 76.8 Å². The van der Waals surface area contributed by atoms with Gasteiger partial charge in [-0.3, -0.25) is 0 Å². The van der Waals surface area contributed by atoms with Gasteiger partial charge in [-0.05, 0) is 42.5 Å². The van der Waals surface area contributed by atoms with Crippen LogP contribution in [0.25, 0.3) is 27.5 Å². The van der Waals surface area contributed by atoms with Crippen LogP contribution in [-0.2, 0) is 0 Å². The lowest BCUT2D eigenvalue weighted by atomic mass is 10.2. The second-order valence-electron chi connectivity index (χ2n) is 4.99. The molecule has 0 amide bonds. The Kier molecular flexibility index (Phi) is 2.91. The van der Waals surface area contributed by atoms with Crippen LogP contribution in [0, 0.1) is 0 Å². The Balaban J connectivity index is 2.18. The zero-order valence-electron chi connectivity index (χ0n) is 11.1. The number of hydrogen-bond acceptors (Lipinski definition) is 0. The number of para-hydroxylation sites is 1. The molecule has 1 heterocycles. The van der Waals surface area contributed by atoms with Gasteiger partial charge in [-0.1, -0.05) is 47.5 Å². The summed E-state index contributed by atoms with van der Waals surface area (Å²) < 4.78 is 2.22. The van der Waals surface area contributed by atoms with E-state index in [9.17, 15) is 0 Å². The number of aromatic nitrogens is 1. The molecule has 0 N–H and O–H groups in total. The molecule has 102 valence electrons. The number of benzene rings is 3. The predicted molar refractivity (Wildman–Crippen MR) is 90.8 cm³/mol. The molecule has 0 saturated carbocycles. The van der Waals surface area contributed by atoms with Gasteiger partial charge < -0.3 is 4.57 Å². The fourth-order valence-corrected chi connectivity index (χ4v) is 3.10. The van der Waals surface area contributed by atoms with Crippen LogP contribution < -0.4 is 0 Å². The number of halogens is 2. The third-order valence-electron chi connectivity index (χ3n) is 3.72. The topological polar surface area (TPSA) is 4.93 Å². The maximum atomic E-state index is 6.20. The number of nitrogens with zero attached hydrogens (tertiary/aromatic N) is 1. The van der Waals surface area contributed by atoms with Gasteiger partial charge in [0, 0.05) is 26.5 Å². The molecule has 1 nitrogen and oxygen atoms in total. The minimum Gasteiger partial charge on any atom is -0.309 e. The lowest BCUT2D eigenvalue weighted by Gasteiger charge is -2.07. The molecule has 0 saturated heterocycles. The van der Waals surface area contributed by atoms with Crippen molar-refractivity contribution in [1.82, 2.24) is 4.57 Å². The second kappa shape index (κ2) is 4.80. The maximum absolute atomic E-state index is 6.20. The minimum absolute atomic E-state index is 0.734. The standard InChI is InChI=1S/C18H11Cl2N/c19-12-5-8-14(9-6-12)21-17-4-2-1-3-15(17)16-10-7-13(20)11-18(16)21/h1-11H. The monoisotopic (exact) mass is 311 g/mol. The lowest BCUT2D eigenvalue weighted by molar-refractivity contribution is 1.18. The van der Waals surface area contributed by atoms with E-state index >= 15 is 0 Å². The summed E-state index contributed by atoms with van der Waals surface area (Å²) in [5.41, 5.74) is 3.34. The first-order valence-electron chi connectivity index (χ1n) is 6.69. The Hall–Kier alpha value is -1.96. The zero-order chi connectivity index (χ0) is 14.4. The van der Waals surface area contributed by atoms with E-state index in [0.29, 0.717) is 0 Å². The summed E-state index contributed by atoms with van der Waals surface area (Å²) in [5.74, 6) is 0. The molecule has 1 aromatic heterocycles. The summed E-state index contributed by atoms with van der Waals surface area (Å²) in [5, 5.41) is 3.89. The molecule has 4 rings (SSSR count). The molecule has 4 aromatic rings. The molecule has 0 aliphatic heterocycles. The van der Waals surface area contributed by atoms with Crippen molar-refractivity contribution in [1.29, 1.82) is 0 Å². The first-order valence-corrected chi connectivity index (χ1v) is 7.44. The van der Waals surface area contributed by atoms with Gasteiger partial charge in [-0.2, -0.15) is 0 Å². The van der Waals surface area contributed by atoms with E-state index in [1.54, 1.807) is 0 Å². The molecule has 3 aromatic carbocycles. The van der Waals surface area contributed by atoms with Crippen molar-refractivity contribution in [3.63, 3.8) is 0 Å². The van der Waals surface area contributed by atoms with Gasteiger partial charge in [0.15, 0.2) is 0 Å². The number of hydrogen-bond donors (Lipinski definition) is 0. The van der Waals surface area contributed by atoms with Crippen molar-refractivity contribution in [2.75, 3.05) is 0 Å². The van der Waals surface area contributed by atoms with Crippen LogP contribution in [-0.4, -0.2) is 4.57 Å². The van der Waals surface area contributed by atoms with Crippen molar-refractivity contribution in [3.8, 4) is 5.69 Å². The smallest absolute Gasteiger partial charge is 0.0555 e. The Bertz CT molecular complexity index is 952. The van der Waals surface area contributed by atoms with E-state index in [2.05, 4.69) is 34.9 Å². The average molecular weight is 312 g/mol. The summed E-state index contributed by atoms with van der Waals surface area (Å²) in [6, 6.07) is 22.2. The Labute approximate surface area is 132 Å². The van der Waals surface area contributed by atoms with Crippen LogP contribution in [0.4, 0.5) is 0 Å². The van der Waals surface area contributed by atoms with Crippen LogP contribution in [0.1, 0.15) is 0 Å². The van der Waals surface area contributed by atoms with Crippen molar-refractivity contribution in [2.45, 2.75) is 0 Å². The largest absolute Gasteiger partial charge is 0.309 e. The molecule has 0 radical (unpaired) electrons. The molecule has 3 heteroatoms. The van der Waals surface area contributed by atoms with Crippen LogP contribution in [0.15, 0.2) is 66.7 Å². The van der Waals surface area contributed by atoms with Crippen LogP contribution in [0.3, 0.4) is 0 Å². The first-order chi connectivity index (χ1) is 10.2. The molecular weight excluding hydrogens is 301 g/mol. The van der Waals surface area contributed by atoms with Crippen LogP contribution >= 0.6 is 23.2 Å². The third-order valence-corrected chi connectivity index (χ3v) is 4.21. The molecule has 0 bridgehead atoms. The Morgan fingerprint density at radius 1 is 0.619 bits per heavy atom. The highest BCUT2D eigenvalue weighted by molar-refractivity contribution is 6.31. The molecule has 0 unspecified atom stereocenters. The van der Waals surface area contributed by atoms with E-state index < -0.39 is 0 Å². The SMILES string of the molecule is Clc1ccc(-n2c3ccccc3c3ccc(Cl)cc32)cc1. The van der Waals surface area contributed by atoms with Crippen molar-refractivity contribution in [2.24, 2.45) is 0 Å². The molecule has 0 atom stereocenters. The summed E-state index contributed by atoms with van der Waals surface area (Å²) in [6.07, 6.45) is 0. The Morgan fingerprint density at radius 2 is 1.29 bits per heavy atom. The van der Waals surface area contributed by atoms with Crippen LogP contribution in [0.5, 0.6) is 0 Å². The molecule has 0 aliphatic carbocycles. The van der Waals surface area contributed by atoms with Gasteiger partial charge in [0.1, 0.15) is 0 Å². The van der Waals surface area contributed by atoms with Gasteiger partial charge in [0.25, 0.3) is 0 Å². The average Bonchev–Trinajstić information content (AvgIpc) is 2.82. The molecular formula is C18H11Cl2N. The number of rotatable bonds is 1. The zero-order valence-corrected chi connectivity index (χ0v) is 12.6. The Morgan fingerprint density at radius 3 is 2.10 bits per heavy atom. The quantitative estimate of drug-likeness (QED) is 0.401. The summed E-state index contributed by atoms with van der Waals surface area (Å²) in [7, 11) is 0. The fourth-order valence-electron chi connectivity index (χ4n) is 2.81. The van der Waals surface area contributed by atoms with Crippen LogP contribution in [0.2, 0.25) is 10.0 Å². The van der Waals surface area contributed by atoms with Gasteiger partial charge in [-0.15, -0.1) is 0 Å². The highest BCUT2D eigenvalue weighted by Crippen LogP contribution is 2.33. The lowest BCUT2D eigenvalue weighted by Crippen LogP contribution is -1.92. The predicted octanol–water partition coefficient (Wildman–Crippen LogP) is 6.09. The molecule has 21 heavy (non-hydrogen) atoms. The van der Waals surface area contributed by atoms with Gasteiger partial charge in [0.05, 0.1) is 11.0 Å². The van der Waals surface area contributed by atoms with E-state index in [1.807, 2.05) is 36.4 Å². The van der Waals surface area contributed by atoms with E-state index in [-0.39, 0.29) is 0 Å². The van der Waals surface area contributed by atoms with E-state index in [1.165, 1.54) is 10.8 Å². The third kappa shape index (κ3) is 2.01. The maximum Gasteiger partial charge on any atom is 0.0555 e. The van der Waals surface area contributed by atoms with Gasteiger partial charge in [0.2, 0.25) is 0 Å². The summed E-state index contributed by atoms with van der Waals surface area (Å²) >= 11 is 12.2. The molecule has 0 fully saturated rings. The summed E-state index contributed by atoms with van der Waals surface area (Å²) in [4.78, 5) is 0. The highest BCUT2D eigenvalue weighted by atomic mass is 35.5. The highest BCUT2D eigenvalue weighted by Gasteiger charge is 2.11. The fraction of sp³-hybridized carbons (Fsp3) is 0. The van der Waals surface area contributed by atoms with Crippen molar-refractivity contribution < 1.29 is 0 Å². The van der Waals surface area contributed by atoms with Crippen molar-refractivity contribution >= 4 is 45.0 Å². The summed E-state index contributed by atoms with van der Waals surface area (Å²) in [6.45, 7) is 0. The van der Waals surface area contributed by atoms with E-state index in [0.717, 1.165) is 26.8 Å². The minimum atomic E-state index is 0.734. The van der Waals surface area contributed by atoms with E-state index in [4.69, 9.17) is 23.2 Å². The first kappa shape index (κ1) is 12.8. The molecule has 0 spiro atoms. The van der Waals surface area contributed by atoms with Gasteiger partial charge >= 0.3 is 0 Å². The second-order valence-corrected chi connectivity index (χ2v) is 5.86. The normalized spacial score (nSPS) is 11.3.